The Morgan fingerprint density at radius 1 is 1.16 bits per heavy atom. The number of nitrogens with one attached hydrogen (secondary N) is 1. The molecule has 1 unspecified atom stereocenters. The lowest BCUT2D eigenvalue weighted by Crippen LogP contribution is -2.49. The van der Waals surface area contributed by atoms with Crippen molar-refractivity contribution in [3.8, 4) is 5.75 Å². The summed E-state index contributed by atoms with van der Waals surface area (Å²) in [6, 6.07) is 9.37. The number of carbonyl (C=O) groups is 2. The van der Waals surface area contributed by atoms with E-state index in [0.717, 1.165) is 12.8 Å². The molecule has 0 radical (unpaired) electrons. The molecular formula is C22H24BrCl3N2O3. The Balaban J connectivity index is 2.20. The molecule has 0 fully saturated rings. The topological polar surface area (TPSA) is 58.6 Å². The van der Waals surface area contributed by atoms with Crippen molar-refractivity contribution < 1.29 is 14.3 Å². The maximum absolute atomic E-state index is 13.1. The molecule has 1 N–H and O–H groups in total. The molecule has 0 aliphatic heterocycles. The first-order valence-electron chi connectivity index (χ1n) is 9.82. The summed E-state index contributed by atoms with van der Waals surface area (Å²) in [6.07, 6.45) is 1.81. The number of rotatable bonds is 10. The van der Waals surface area contributed by atoms with Gasteiger partial charge < -0.3 is 15.0 Å². The summed E-state index contributed by atoms with van der Waals surface area (Å²) in [5.41, 5.74) is 0.570. The molecule has 31 heavy (non-hydrogen) atoms. The van der Waals surface area contributed by atoms with Gasteiger partial charge >= 0.3 is 0 Å². The molecule has 2 aromatic carbocycles. The molecule has 0 aliphatic carbocycles. The van der Waals surface area contributed by atoms with E-state index in [4.69, 9.17) is 39.5 Å². The maximum Gasteiger partial charge on any atom is 0.261 e. The van der Waals surface area contributed by atoms with Crippen LogP contribution in [0.4, 0.5) is 0 Å². The third-order valence-corrected chi connectivity index (χ3v) is 6.20. The highest BCUT2D eigenvalue weighted by Crippen LogP contribution is 2.29. The Morgan fingerprint density at radius 2 is 1.84 bits per heavy atom. The molecule has 0 saturated heterocycles. The number of hydrogen-bond donors (Lipinski definition) is 1. The van der Waals surface area contributed by atoms with Gasteiger partial charge in [-0.1, -0.05) is 54.2 Å². The summed E-state index contributed by atoms with van der Waals surface area (Å²) in [5.74, 6) is -0.165. The Kier molecular flexibility index (Phi) is 10.4. The Bertz CT molecular complexity index is 907. The van der Waals surface area contributed by atoms with E-state index >= 15 is 0 Å². The van der Waals surface area contributed by atoms with Crippen LogP contribution in [-0.2, 0) is 16.1 Å². The van der Waals surface area contributed by atoms with Crippen molar-refractivity contribution in [3.63, 3.8) is 0 Å². The van der Waals surface area contributed by atoms with Gasteiger partial charge in [0, 0.05) is 33.7 Å². The van der Waals surface area contributed by atoms with Crippen LogP contribution in [0.25, 0.3) is 0 Å². The van der Waals surface area contributed by atoms with Crippen molar-refractivity contribution in [3.05, 3.63) is 61.5 Å². The fourth-order valence-corrected chi connectivity index (χ4v) is 4.10. The Hall–Kier alpha value is -1.47. The predicted octanol–water partition coefficient (Wildman–Crippen LogP) is 6.12. The molecule has 2 aromatic rings. The number of hydrogen-bond acceptors (Lipinski definition) is 3. The predicted molar refractivity (Wildman–Crippen MR) is 129 cm³/mol. The van der Waals surface area contributed by atoms with E-state index in [0.29, 0.717) is 37.4 Å². The molecule has 1 atom stereocenters. The number of unbranched alkanes of at least 4 members (excludes halogenated alkanes) is 1. The molecule has 168 valence electrons. The third kappa shape index (κ3) is 7.56. The molecule has 2 rings (SSSR count). The van der Waals surface area contributed by atoms with Crippen molar-refractivity contribution in [1.82, 2.24) is 10.2 Å². The second-order valence-electron chi connectivity index (χ2n) is 6.91. The number of halogens is 4. The Labute approximate surface area is 206 Å². The first-order valence-corrected chi connectivity index (χ1v) is 11.7. The number of carbonyl (C=O) groups excluding carboxylic acids is 2. The van der Waals surface area contributed by atoms with Crippen molar-refractivity contribution in [2.24, 2.45) is 0 Å². The monoisotopic (exact) mass is 548 g/mol. The van der Waals surface area contributed by atoms with Crippen LogP contribution in [0.15, 0.2) is 40.9 Å². The largest absolute Gasteiger partial charge is 0.483 e. The van der Waals surface area contributed by atoms with E-state index in [9.17, 15) is 9.59 Å². The van der Waals surface area contributed by atoms with Crippen LogP contribution in [0.5, 0.6) is 5.75 Å². The molecule has 2 amide bonds. The van der Waals surface area contributed by atoms with Crippen LogP contribution in [-0.4, -0.2) is 35.9 Å². The van der Waals surface area contributed by atoms with E-state index in [1.165, 1.54) is 4.90 Å². The number of amides is 2. The van der Waals surface area contributed by atoms with Gasteiger partial charge in [-0.25, -0.2) is 0 Å². The van der Waals surface area contributed by atoms with Crippen LogP contribution in [0.1, 0.15) is 32.3 Å². The minimum absolute atomic E-state index is 0.0743. The van der Waals surface area contributed by atoms with E-state index < -0.39 is 6.04 Å². The van der Waals surface area contributed by atoms with Gasteiger partial charge in [0.1, 0.15) is 11.8 Å². The lowest BCUT2D eigenvalue weighted by Gasteiger charge is -2.29. The number of nitrogens with zero attached hydrogens (tertiary/aromatic N) is 1. The van der Waals surface area contributed by atoms with Crippen molar-refractivity contribution in [2.45, 2.75) is 39.3 Å². The minimum Gasteiger partial charge on any atom is -0.483 e. The van der Waals surface area contributed by atoms with Gasteiger partial charge in [-0.3, -0.25) is 9.59 Å². The molecule has 0 bridgehead atoms. The highest BCUT2D eigenvalue weighted by atomic mass is 79.9. The van der Waals surface area contributed by atoms with Crippen LogP contribution in [0, 0.1) is 0 Å². The van der Waals surface area contributed by atoms with Crippen LogP contribution < -0.4 is 10.1 Å². The van der Waals surface area contributed by atoms with Crippen LogP contribution >= 0.6 is 50.7 Å². The van der Waals surface area contributed by atoms with Gasteiger partial charge in [-0.05, 0) is 59.6 Å². The highest BCUT2D eigenvalue weighted by molar-refractivity contribution is 9.10. The quantitative estimate of drug-likeness (QED) is 0.363. The van der Waals surface area contributed by atoms with Crippen molar-refractivity contribution >= 4 is 62.5 Å². The van der Waals surface area contributed by atoms with E-state index in [1.54, 1.807) is 43.3 Å². The normalized spacial score (nSPS) is 11.7. The second-order valence-corrected chi connectivity index (χ2v) is 9.01. The van der Waals surface area contributed by atoms with Gasteiger partial charge in [-0.15, -0.1) is 0 Å². The SMILES string of the molecule is CCCCNC(=O)C(C)N(Cc1c(Cl)cccc1Cl)C(=O)COc1ccc(Cl)cc1Br. The smallest absolute Gasteiger partial charge is 0.261 e. The molecule has 9 heteroatoms. The summed E-state index contributed by atoms with van der Waals surface area (Å²) in [4.78, 5) is 27.2. The molecule has 0 heterocycles. The van der Waals surface area contributed by atoms with E-state index in [-0.39, 0.29) is 25.0 Å². The van der Waals surface area contributed by atoms with E-state index in [2.05, 4.69) is 21.2 Å². The zero-order valence-corrected chi connectivity index (χ0v) is 21.1. The zero-order valence-electron chi connectivity index (χ0n) is 17.3. The van der Waals surface area contributed by atoms with Gasteiger partial charge in [0.05, 0.1) is 4.47 Å². The maximum atomic E-state index is 13.1. The Morgan fingerprint density at radius 3 is 2.45 bits per heavy atom. The van der Waals surface area contributed by atoms with Gasteiger partial charge in [-0.2, -0.15) is 0 Å². The standard InChI is InChI=1S/C22H24BrCl3N2O3/c1-3-4-10-27-22(30)14(2)28(12-16-18(25)6-5-7-19(16)26)21(29)13-31-20-9-8-15(24)11-17(20)23/h5-9,11,14H,3-4,10,12-13H2,1-2H3,(H,27,30). The van der Waals surface area contributed by atoms with Crippen LogP contribution in [0.3, 0.4) is 0 Å². The fourth-order valence-electron chi connectivity index (χ4n) is 2.79. The molecule has 0 aromatic heterocycles. The lowest BCUT2D eigenvalue weighted by atomic mass is 10.1. The zero-order chi connectivity index (χ0) is 23.0. The first-order chi connectivity index (χ1) is 14.7. The molecule has 5 nitrogen and oxygen atoms in total. The second kappa shape index (κ2) is 12.5. The highest BCUT2D eigenvalue weighted by Gasteiger charge is 2.27. The molecule has 0 spiro atoms. The molecule has 0 saturated carbocycles. The summed E-state index contributed by atoms with van der Waals surface area (Å²) < 4.78 is 6.29. The summed E-state index contributed by atoms with van der Waals surface area (Å²) in [5, 5.41) is 4.24. The minimum atomic E-state index is -0.742. The third-order valence-electron chi connectivity index (χ3n) is 4.63. The number of benzene rings is 2. The molecule has 0 aliphatic rings. The van der Waals surface area contributed by atoms with Crippen molar-refractivity contribution in [2.75, 3.05) is 13.2 Å². The summed E-state index contributed by atoms with van der Waals surface area (Å²) in [6.45, 7) is 4.06. The van der Waals surface area contributed by atoms with Gasteiger partial charge in [0.2, 0.25) is 5.91 Å². The summed E-state index contributed by atoms with van der Waals surface area (Å²) in [7, 11) is 0. The summed E-state index contributed by atoms with van der Waals surface area (Å²) >= 11 is 21.9. The lowest BCUT2D eigenvalue weighted by molar-refractivity contribution is -0.142. The average Bonchev–Trinajstić information content (AvgIpc) is 2.72. The van der Waals surface area contributed by atoms with Crippen LogP contribution in [0.2, 0.25) is 15.1 Å². The van der Waals surface area contributed by atoms with E-state index in [1.807, 2.05) is 6.92 Å². The van der Waals surface area contributed by atoms with Gasteiger partial charge in [0.25, 0.3) is 5.91 Å². The van der Waals surface area contributed by atoms with Gasteiger partial charge in [0.15, 0.2) is 6.61 Å². The average molecular weight is 551 g/mol. The van der Waals surface area contributed by atoms with Crippen molar-refractivity contribution in [1.29, 1.82) is 0 Å². The number of ether oxygens (including phenoxy) is 1. The first kappa shape index (κ1) is 25.8. The molecular weight excluding hydrogens is 527 g/mol. The fraction of sp³-hybridized carbons (Fsp3) is 0.364.